The van der Waals surface area contributed by atoms with Crippen LogP contribution >= 0.6 is 0 Å². The molecule has 4 saturated carbocycles. The molecule has 204 valence electrons. The molecule has 9 atom stereocenters. The largest absolute Gasteiger partial charge is 0.481 e. The molecule has 6 nitrogen and oxygen atoms in total. The van der Waals surface area contributed by atoms with Crippen molar-refractivity contribution in [2.45, 2.75) is 104 Å². The number of hydrogen-bond donors (Lipinski definition) is 4. The van der Waals surface area contributed by atoms with Gasteiger partial charge in [-0.2, -0.15) is 0 Å². The highest BCUT2D eigenvalue weighted by Crippen LogP contribution is 2.76. The Morgan fingerprint density at radius 3 is 2.17 bits per heavy atom. The number of rotatable bonds is 7. The zero-order valence-corrected chi connectivity index (χ0v) is 23.0. The van der Waals surface area contributed by atoms with Crippen molar-refractivity contribution in [2.75, 3.05) is 6.61 Å². The van der Waals surface area contributed by atoms with Crippen LogP contribution in [0.3, 0.4) is 0 Å². The van der Waals surface area contributed by atoms with E-state index >= 15 is 0 Å². The third-order valence-electron chi connectivity index (χ3n) is 12.6. The number of aliphatic hydroxyl groups excluding tert-OH is 1. The Labute approximate surface area is 216 Å². The lowest BCUT2D eigenvalue weighted by Crippen LogP contribution is -2.66. The van der Waals surface area contributed by atoms with Crippen LogP contribution < -0.4 is 0 Å². The highest BCUT2D eigenvalue weighted by molar-refractivity contribution is 5.76. The molecule has 4 aliphatic rings. The average molecular weight is 505 g/mol. The summed E-state index contributed by atoms with van der Waals surface area (Å²) in [4.78, 5) is 24.5. The van der Waals surface area contributed by atoms with Crippen molar-refractivity contribution in [3.8, 4) is 0 Å². The SMILES string of the molecule is C=C(CO)[C@@H]1CC[C@]2(C(=O)O)CC[C@]3(C)[C@H](CC[C@@H]4[C@@](C)(CCC(=O)O)[C@H](C(C)(C)O)CC[C@]43C)[C@@H]12. The molecule has 0 amide bonds. The zero-order chi connectivity index (χ0) is 26.9. The molecule has 0 unspecified atom stereocenters. The average Bonchev–Trinajstić information content (AvgIpc) is 3.18. The summed E-state index contributed by atoms with van der Waals surface area (Å²) in [6.45, 7) is 14.8. The monoisotopic (exact) mass is 504 g/mol. The quantitative estimate of drug-likeness (QED) is 0.340. The first-order chi connectivity index (χ1) is 16.6. The molecular weight excluding hydrogens is 456 g/mol. The van der Waals surface area contributed by atoms with Crippen LogP contribution in [-0.2, 0) is 9.59 Å². The van der Waals surface area contributed by atoms with Gasteiger partial charge in [0.1, 0.15) is 0 Å². The molecule has 0 aromatic carbocycles. The van der Waals surface area contributed by atoms with Crippen LogP contribution in [-0.4, -0.2) is 44.6 Å². The highest BCUT2D eigenvalue weighted by Gasteiger charge is 2.71. The van der Waals surface area contributed by atoms with Gasteiger partial charge in [-0.3, -0.25) is 9.59 Å². The van der Waals surface area contributed by atoms with Gasteiger partial charge >= 0.3 is 11.9 Å². The fourth-order valence-corrected chi connectivity index (χ4v) is 10.8. The smallest absolute Gasteiger partial charge is 0.309 e. The molecule has 4 fully saturated rings. The number of hydrogen-bond acceptors (Lipinski definition) is 4. The Bertz CT molecular complexity index is 921. The van der Waals surface area contributed by atoms with Crippen LogP contribution in [0, 0.1) is 51.2 Å². The van der Waals surface area contributed by atoms with E-state index in [1.807, 2.05) is 13.8 Å². The molecule has 0 aliphatic heterocycles. The second-order valence-electron chi connectivity index (χ2n) is 14.2. The number of carboxylic acid groups (broad SMARTS) is 2. The Morgan fingerprint density at radius 2 is 1.61 bits per heavy atom. The normalized spacial score (nSPS) is 46.4. The summed E-state index contributed by atoms with van der Waals surface area (Å²) in [7, 11) is 0. The first-order valence-corrected chi connectivity index (χ1v) is 14.0. The number of aliphatic carboxylic acids is 2. The summed E-state index contributed by atoms with van der Waals surface area (Å²) < 4.78 is 0. The van der Waals surface area contributed by atoms with Crippen molar-refractivity contribution in [2.24, 2.45) is 51.2 Å². The molecule has 6 heteroatoms. The van der Waals surface area contributed by atoms with E-state index in [1.54, 1.807) is 0 Å². The van der Waals surface area contributed by atoms with E-state index in [0.717, 1.165) is 44.1 Å². The van der Waals surface area contributed by atoms with E-state index < -0.39 is 23.0 Å². The molecule has 0 aromatic rings. The highest BCUT2D eigenvalue weighted by atomic mass is 16.4. The molecular formula is C30H48O6. The van der Waals surface area contributed by atoms with Gasteiger partial charge in [0, 0.05) is 6.42 Å². The van der Waals surface area contributed by atoms with Crippen molar-refractivity contribution in [3.63, 3.8) is 0 Å². The van der Waals surface area contributed by atoms with E-state index in [2.05, 4.69) is 27.4 Å². The standard InChI is InChI=1S/C30H48O6/c1-18(17-31)19-9-14-30(25(34)35)16-15-28(5)20(24(19)30)7-8-22-27(4,12-11-23(32)33)21(26(2,3)36)10-13-29(22,28)6/h19-22,24,31,36H,1,7-17H2,2-6H3,(H,32,33)(H,34,35)/t19-,20+,21-,22+,24+,27-,28+,29+,30-/m0/s1. The Morgan fingerprint density at radius 1 is 0.944 bits per heavy atom. The predicted octanol–water partition coefficient (Wildman–Crippen LogP) is 5.52. The minimum atomic E-state index is -0.896. The Hall–Kier alpha value is -1.40. The van der Waals surface area contributed by atoms with Crippen LogP contribution in [0.4, 0.5) is 0 Å². The fraction of sp³-hybridized carbons (Fsp3) is 0.867. The minimum absolute atomic E-state index is 0.0117. The van der Waals surface area contributed by atoms with Gasteiger partial charge in [-0.1, -0.05) is 27.4 Å². The zero-order valence-electron chi connectivity index (χ0n) is 23.0. The van der Waals surface area contributed by atoms with E-state index in [9.17, 15) is 30.0 Å². The molecule has 0 saturated heterocycles. The van der Waals surface area contributed by atoms with Crippen molar-refractivity contribution in [1.82, 2.24) is 0 Å². The maximum Gasteiger partial charge on any atom is 0.309 e. The molecule has 4 rings (SSSR count). The fourth-order valence-electron chi connectivity index (χ4n) is 10.8. The maximum absolute atomic E-state index is 12.8. The minimum Gasteiger partial charge on any atom is -0.481 e. The molecule has 0 bridgehead atoms. The van der Waals surface area contributed by atoms with E-state index in [-0.39, 0.29) is 58.9 Å². The van der Waals surface area contributed by atoms with Crippen LogP contribution in [0.5, 0.6) is 0 Å². The van der Waals surface area contributed by atoms with Gasteiger partial charge in [0.15, 0.2) is 0 Å². The van der Waals surface area contributed by atoms with Gasteiger partial charge in [0.25, 0.3) is 0 Å². The molecule has 4 N–H and O–H groups in total. The van der Waals surface area contributed by atoms with Gasteiger partial charge < -0.3 is 20.4 Å². The second kappa shape index (κ2) is 8.83. The number of fused-ring (bicyclic) bond motifs is 5. The summed E-state index contributed by atoms with van der Waals surface area (Å²) in [6.07, 6.45) is 7.21. The maximum atomic E-state index is 12.8. The van der Waals surface area contributed by atoms with E-state index in [1.165, 1.54) is 0 Å². The second-order valence-corrected chi connectivity index (χ2v) is 14.2. The number of aliphatic hydroxyl groups is 2. The summed E-state index contributed by atoms with van der Waals surface area (Å²) in [5, 5.41) is 41.3. The Balaban J connectivity index is 1.79. The number of carbonyl (C=O) groups is 2. The lowest BCUT2D eigenvalue weighted by Gasteiger charge is -2.71. The van der Waals surface area contributed by atoms with Crippen LogP contribution in [0.1, 0.15) is 98.8 Å². The van der Waals surface area contributed by atoms with Gasteiger partial charge in [-0.25, -0.2) is 0 Å². The van der Waals surface area contributed by atoms with Crippen LogP contribution in [0.15, 0.2) is 12.2 Å². The van der Waals surface area contributed by atoms with Gasteiger partial charge in [0.2, 0.25) is 0 Å². The van der Waals surface area contributed by atoms with Crippen LogP contribution in [0.2, 0.25) is 0 Å². The van der Waals surface area contributed by atoms with Crippen molar-refractivity contribution in [3.05, 3.63) is 12.2 Å². The van der Waals surface area contributed by atoms with Crippen molar-refractivity contribution >= 4 is 11.9 Å². The summed E-state index contributed by atoms with van der Waals surface area (Å²) >= 11 is 0. The van der Waals surface area contributed by atoms with Crippen LogP contribution in [0.25, 0.3) is 0 Å². The van der Waals surface area contributed by atoms with Crippen molar-refractivity contribution in [1.29, 1.82) is 0 Å². The first-order valence-electron chi connectivity index (χ1n) is 14.0. The first kappa shape index (κ1) is 27.6. The molecule has 4 aliphatic carbocycles. The van der Waals surface area contributed by atoms with E-state index in [4.69, 9.17) is 0 Å². The topological polar surface area (TPSA) is 115 Å². The predicted molar refractivity (Wildman–Crippen MR) is 138 cm³/mol. The third kappa shape index (κ3) is 3.72. The Kier molecular flexibility index (Phi) is 6.78. The van der Waals surface area contributed by atoms with Gasteiger partial charge in [-0.05, 0) is 123 Å². The van der Waals surface area contributed by atoms with Gasteiger partial charge in [-0.15, -0.1) is 0 Å². The lowest BCUT2D eigenvalue weighted by molar-refractivity contribution is -0.237. The molecule has 0 radical (unpaired) electrons. The summed E-state index contributed by atoms with van der Waals surface area (Å²) in [6, 6.07) is 0. The number of carboxylic acids is 2. The van der Waals surface area contributed by atoms with Crippen molar-refractivity contribution < 1.29 is 30.0 Å². The molecule has 0 spiro atoms. The molecule has 36 heavy (non-hydrogen) atoms. The molecule has 0 aromatic heterocycles. The van der Waals surface area contributed by atoms with E-state index in [0.29, 0.717) is 19.3 Å². The summed E-state index contributed by atoms with van der Waals surface area (Å²) in [5.74, 6) is -0.982. The lowest BCUT2D eigenvalue weighted by atomic mass is 9.33. The summed E-state index contributed by atoms with van der Waals surface area (Å²) in [5.41, 5.74) is -1.35. The third-order valence-corrected chi connectivity index (χ3v) is 12.6. The van der Waals surface area contributed by atoms with Gasteiger partial charge in [0.05, 0.1) is 17.6 Å². The molecule has 0 heterocycles.